The maximum Gasteiger partial charge on any atom is 0.191 e. The summed E-state index contributed by atoms with van der Waals surface area (Å²) in [6.07, 6.45) is 12.0. The van der Waals surface area contributed by atoms with Crippen LogP contribution in [0.3, 0.4) is 0 Å². The molecule has 160 valence electrons. The van der Waals surface area contributed by atoms with Crippen LogP contribution in [0.15, 0.2) is 10.1 Å². The third-order valence-corrected chi connectivity index (χ3v) is 7.32. The van der Waals surface area contributed by atoms with E-state index >= 15 is 0 Å². The molecule has 1 aromatic rings. The molecule has 28 heavy (non-hydrogen) atoms. The molecule has 1 unspecified atom stereocenters. The van der Waals surface area contributed by atoms with Gasteiger partial charge in [-0.2, -0.15) is 11.8 Å². The predicted molar refractivity (Wildman–Crippen MR) is 133 cm³/mol. The molecule has 6 nitrogen and oxygen atoms in total. The van der Waals surface area contributed by atoms with Crippen molar-refractivity contribution in [3.05, 3.63) is 5.82 Å². The van der Waals surface area contributed by atoms with Crippen LogP contribution in [0, 0.1) is 0 Å². The second-order valence-corrected chi connectivity index (χ2v) is 9.48. The molecule has 2 heterocycles. The van der Waals surface area contributed by atoms with Gasteiger partial charge in [-0.05, 0) is 51.0 Å². The van der Waals surface area contributed by atoms with Gasteiger partial charge in [0.2, 0.25) is 0 Å². The summed E-state index contributed by atoms with van der Waals surface area (Å²) >= 11 is 3.78. The second kappa shape index (κ2) is 13.2. The zero-order valence-electron chi connectivity index (χ0n) is 17.2. The Kier molecular flexibility index (Phi) is 11.4. The summed E-state index contributed by atoms with van der Waals surface area (Å²) < 4.78 is 2.41. The number of nitrogens with one attached hydrogen (secondary N) is 2. The molecule has 0 bridgehead atoms. The van der Waals surface area contributed by atoms with Gasteiger partial charge in [-0.15, -0.1) is 34.2 Å². The lowest BCUT2D eigenvalue weighted by molar-refractivity contribution is 0.460. The lowest BCUT2D eigenvalue weighted by Gasteiger charge is -2.16. The van der Waals surface area contributed by atoms with E-state index in [1.54, 1.807) is 11.8 Å². The maximum absolute atomic E-state index is 4.78. The minimum atomic E-state index is 0. The topological polar surface area (TPSA) is 67.1 Å². The number of hydrogen-bond acceptors (Lipinski definition) is 5. The van der Waals surface area contributed by atoms with Gasteiger partial charge in [-0.1, -0.05) is 24.6 Å². The predicted octanol–water partition coefficient (Wildman–Crippen LogP) is 4.12. The van der Waals surface area contributed by atoms with Gasteiger partial charge in [0, 0.05) is 30.8 Å². The van der Waals surface area contributed by atoms with Crippen molar-refractivity contribution in [3.8, 4) is 0 Å². The summed E-state index contributed by atoms with van der Waals surface area (Å²) in [4.78, 5) is 4.78. The minimum Gasteiger partial charge on any atom is -0.357 e. The Morgan fingerprint density at radius 3 is 2.71 bits per heavy atom. The lowest BCUT2D eigenvalue weighted by atomic mass is 10.2. The van der Waals surface area contributed by atoms with Crippen LogP contribution in [0.2, 0.25) is 0 Å². The molecule has 2 fully saturated rings. The first-order valence-electron chi connectivity index (χ1n) is 10.4. The summed E-state index contributed by atoms with van der Waals surface area (Å²) in [7, 11) is 0. The molecule has 3 rings (SSSR count). The van der Waals surface area contributed by atoms with Gasteiger partial charge in [0.1, 0.15) is 5.82 Å². The number of rotatable bonds is 9. The molecule has 9 heteroatoms. The van der Waals surface area contributed by atoms with Gasteiger partial charge in [0.05, 0.1) is 6.54 Å². The molecule has 1 aromatic heterocycles. The van der Waals surface area contributed by atoms with Gasteiger partial charge in [0.15, 0.2) is 11.1 Å². The Morgan fingerprint density at radius 1 is 1.21 bits per heavy atom. The first kappa shape index (κ1) is 24.1. The highest BCUT2D eigenvalue weighted by Gasteiger charge is 2.23. The van der Waals surface area contributed by atoms with Gasteiger partial charge in [0.25, 0.3) is 0 Å². The van der Waals surface area contributed by atoms with Crippen molar-refractivity contribution in [2.24, 2.45) is 4.99 Å². The summed E-state index contributed by atoms with van der Waals surface area (Å²) in [5, 5.41) is 17.5. The van der Waals surface area contributed by atoms with Crippen LogP contribution in [0.25, 0.3) is 0 Å². The van der Waals surface area contributed by atoms with Crippen molar-refractivity contribution in [1.29, 1.82) is 0 Å². The van der Waals surface area contributed by atoms with Crippen molar-refractivity contribution in [1.82, 2.24) is 25.4 Å². The lowest BCUT2D eigenvalue weighted by Crippen LogP contribution is -2.38. The third-order valence-electron chi connectivity index (χ3n) is 5.30. The van der Waals surface area contributed by atoms with Crippen LogP contribution in [0.4, 0.5) is 0 Å². The number of aliphatic imine (C=N–C) groups is 1. The van der Waals surface area contributed by atoms with Gasteiger partial charge < -0.3 is 15.2 Å². The number of nitrogens with zero attached hydrogens (tertiary/aromatic N) is 4. The summed E-state index contributed by atoms with van der Waals surface area (Å²) in [5.41, 5.74) is 0. The minimum absolute atomic E-state index is 0. The molecule has 1 aliphatic heterocycles. The zero-order chi connectivity index (χ0) is 18.9. The maximum atomic E-state index is 4.78. The van der Waals surface area contributed by atoms with Crippen molar-refractivity contribution in [2.75, 3.05) is 31.6 Å². The molecule has 2 aliphatic rings. The van der Waals surface area contributed by atoms with Crippen LogP contribution in [-0.4, -0.2) is 57.6 Å². The van der Waals surface area contributed by atoms with E-state index in [-0.39, 0.29) is 24.0 Å². The molecule has 0 aromatic carbocycles. The van der Waals surface area contributed by atoms with E-state index in [9.17, 15) is 0 Å². The molecule has 2 N–H and O–H groups in total. The quantitative estimate of drug-likeness (QED) is 0.162. The standard InChI is InChI=1S/C19H34N6S2.HI/c1-3-20-18(22-14-16-10-7-13-27-16)21-12-6-11-17-23-24-19(26-2)25(17)15-8-4-5-9-15;/h15-16H,3-14H2,1-2H3,(H2,20,21,22);1H. The number of hydrogen-bond donors (Lipinski definition) is 2. The molecule has 0 amide bonds. The van der Waals surface area contributed by atoms with E-state index in [4.69, 9.17) is 4.99 Å². The highest BCUT2D eigenvalue weighted by atomic mass is 127. The third kappa shape index (κ3) is 6.97. The Morgan fingerprint density at radius 2 is 2.04 bits per heavy atom. The zero-order valence-corrected chi connectivity index (χ0v) is 21.1. The Bertz CT molecular complexity index is 597. The van der Waals surface area contributed by atoms with E-state index in [0.29, 0.717) is 11.3 Å². The average Bonchev–Trinajstić information content (AvgIpc) is 3.44. The normalized spacial score (nSPS) is 20.4. The van der Waals surface area contributed by atoms with Gasteiger partial charge in [-0.25, -0.2) is 0 Å². The Labute approximate surface area is 195 Å². The van der Waals surface area contributed by atoms with Crippen molar-refractivity contribution >= 4 is 53.5 Å². The number of halogens is 1. The average molecular weight is 539 g/mol. The van der Waals surface area contributed by atoms with E-state index in [1.165, 1.54) is 44.3 Å². The molecule has 1 atom stereocenters. The van der Waals surface area contributed by atoms with Crippen molar-refractivity contribution in [3.63, 3.8) is 0 Å². The molecule has 1 saturated carbocycles. The second-order valence-electron chi connectivity index (χ2n) is 7.30. The van der Waals surface area contributed by atoms with E-state index < -0.39 is 0 Å². The molecule has 0 radical (unpaired) electrons. The Balaban J connectivity index is 0.00000280. The highest BCUT2D eigenvalue weighted by molar-refractivity contribution is 14.0. The van der Waals surface area contributed by atoms with Crippen LogP contribution >= 0.6 is 47.5 Å². The monoisotopic (exact) mass is 538 g/mol. The first-order chi connectivity index (χ1) is 13.3. The van der Waals surface area contributed by atoms with E-state index in [2.05, 4.69) is 50.3 Å². The molecular formula is C19H35IN6S2. The summed E-state index contributed by atoms with van der Waals surface area (Å²) in [6, 6.07) is 0.605. The molecule has 1 saturated heterocycles. The fourth-order valence-corrected chi connectivity index (χ4v) is 5.68. The van der Waals surface area contributed by atoms with Crippen LogP contribution < -0.4 is 10.6 Å². The van der Waals surface area contributed by atoms with Crippen molar-refractivity contribution < 1.29 is 0 Å². The number of thioether (sulfide) groups is 2. The van der Waals surface area contributed by atoms with Crippen LogP contribution in [0.5, 0.6) is 0 Å². The molecular weight excluding hydrogens is 503 g/mol. The van der Waals surface area contributed by atoms with Crippen molar-refractivity contribution in [2.45, 2.75) is 74.7 Å². The smallest absolute Gasteiger partial charge is 0.191 e. The highest BCUT2D eigenvalue weighted by Crippen LogP contribution is 2.33. The summed E-state index contributed by atoms with van der Waals surface area (Å²) in [6.45, 7) is 4.86. The summed E-state index contributed by atoms with van der Waals surface area (Å²) in [5.74, 6) is 3.40. The fourth-order valence-electron chi connectivity index (χ4n) is 3.92. The number of guanidine groups is 1. The van der Waals surface area contributed by atoms with Gasteiger partial charge in [-0.3, -0.25) is 4.99 Å². The molecule has 1 aliphatic carbocycles. The van der Waals surface area contributed by atoms with Gasteiger partial charge >= 0.3 is 0 Å². The number of aryl methyl sites for hydroxylation is 1. The Hall–Kier alpha value is -0.160. The largest absolute Gasteiger partial charge is 0.357 e. The van der Waals surface area contributed by atoms with E-state index in [1.807, 2.05) is 0 Å². The fraction of sp³-hybridized carbons (Fsp3) is 0.842. The van der Waals surface area contributed by atoms with Crippen LogP contribution in [0.1, 0.15) is 63.7 Å². The SMILES string of the molecule is CCNC(=NCC1CCCS1)NCCCc1nnc(SC)n1C1CCCC1.I. The first-order valence-corrected chi connectivity index (χ1v) is 12.7. The van der Waals surface area contributed by atoms with Crippen LogP contribution in [-0.2, 0) is 6.42 Å². The molecule has 0 spiro atoms. The number of aromatic nitrogens is 3. The van der Waals surface area contributed by atoms with E-state index in [0.717, 1.165) is 49.4 Å².